The van der Waals surface area contributed by atoms with E-state index in [1.807, 2.05) is 6.92 Å². The molecular formula is C20H22F3N5O2S. The quantitative estimate of drug-likeness (QED) is 0.641. The number of amidine groups is 1. The first kappa shape index (κ1) is 23.0. The lowest BCUT2D eigenvalue weighted by Gasteiger charge is -2.35. The van der Waals surface area contributed by atoms with Gasteiger partial charge in [0.05, 0.1) is 25.1 Å². The largest absolute Gasteiger partial charge is 0.379 e. The van der Waals surface area contributed by atoms with Gasteiger partial charge in [-0.15, -0.1) is 0 Å². The molecule has 166 valence electrons. The molecule has 0 saturated carbocycles. The monoisotopic (exact) mass is 453 g/mol. The fourth-order valence-corrected chi connectivity index (χ4v) is 4.52. The van der Waals surface area contributed by atoms with Crippen LogP contribution in [0.1, 0.15) is 36.5 Å². The van der Waals surface area contributed by atoms with Crippen LogP contribution >= 0.6 is 11.8 Å². The summed E-state index contributed by atoms with van der Waals surface area (Å²) in [6.07, 6.45) is 1.43. The number of ether oxygens (including phenoxy) is 1. The molecule has 11 heteroatoms. The number of halogens is 3. The summed E-state index contributed by atoms with van der Waals surface area (Å²) in [4.78, 5) is 23.8. The highest BCUT2D eigenvalue weighted by atomic mass is 32.2. The molecule has 3 heterocycles. The molecule has 1 aromatic heterocycles. The normalized spacial score (nSPS) is 26.5. The zero-order valence-corrected chi connectivity index (χ0v) is 17.8. The third-order valence-corrected chi connectivity index (χ3v) is 6.11. The maximum atomic E-state index is 14.9. The van der Waals surface area contributed by atoms with Crippen molar-refractivity contribution in [1.82, 2.24) is 15.3 Å². The summed E-state index contributed by atoms with van der Waals surface area (Å²) < 4.78 is 45.7. The molecule has 7 nitrogen and oxygen atoms in total. The first-order chi connectivity index (χ1) is 14.6. The Hall–Kier alpha value is -2.66. The standard InChI is InChI=1S/C20H22F3N5O2S/c1-10(27-18(29)16-7-25-15(6-26-16)17(22)23)4-5-14(21)11(2)20-9-30-12(3)13(20)8-31-19(24)28-20/h4-7,12-13,17H,2,8-9H2,1,3H3,(H2,24,28)(H,27,29)/b10-4+,14-5+/t12-,13-,20-/m1/s1. The van der Waals surface area contributed by atoms with Gasteiger partial charge in [-0.1, -0.05) is 18.3 Å². The van der Waals surface area contributed by atoms with Crippen molar-refractivity contribution in [1.29, 1.82) is 0 Å². The smallest absolute Gasteiger partial charge is 0.281 e. The number of carbonyl (C=O) groups excluding carboxylic acids is 1. The molecule has 0 aromatic carbocycles. The summed E-state index contributed by atoms with van der Waals surface area (Å²) in [6.45, 7) is 7.54. The molecule has 0 radical (unpaired) electrons. The van der Waals surface area contributed by atoms with E-state index in [0.29, 0.717) is 16.6 Å². The van der Waals surface area contributed by atoms with Crippen molar-refractivity contribution >= 4 is 22.8 Å². The third-order valence-electron chi connectivity index (χ3n) is 5.20. The number of nitrogens with one attached hydrogen (secondary N) is 1. The number of hydrogen-bond donors (Lipinski definition) is 2. The van der Waals surface area contributed by atoms with E-state index in [-0.39, 0.29) is 29.9 Å². The number of thioether (sulfide) groups is 1. The number of hydrogen-bond acceptors (Lipinski definition) is 7. The van der Waals surface area contributed by atoms with Crippen molar-refractivity contribution in [3.8, 4) is 0 Å². The number of rotatable bonds is 6. The fourth-order valence-electron chi connectivity index (χ4n) is 3.40. The van der Waals surface area contributed by atoms with Crippen LogP contribution in [0.4, 0.5) is 13.2 Å². The molecule has 31 heavy (non-hydrogen) atoms. The van der Waals surface area contributed by atoms with Crippen LogP contribution in [-0.2, 0) is 4.74 Å². The number of carbonyl (C=O) groups is 1. The van der Waals surface area contributed by atoms with Crippen LogP contribution in [0.3, 0.4) is 0 Å². The minimum atomic E-state index is -2.78. The molecule has 3 rings (SSSR count). The maximum Gasteiger partial charge on any atom is 0.281 e. The van der Waals surface area contributed by atoms with Crippen LogP contribution in [0.15, 0.2) is 53.2 Å². The second-order valence-electron chi connectivity index (χ2n) is 7.23. The Kier molecular flexibility index (Phi) is 6.85. The first-order valence-electron chi connectivity index (χ1n) is 9.39. The molecule has 0 aliphatic carbocycles. The Balaban J connectivity index is 1.71. The van der Waals surface area contributed by atoms with Crippen molar-refractivity contribution in [2.45, 2.75) is 31.9 Å². The number of fused-ring (bicyclic) bond motifs is 1. The summed E-state index contributed by atoms with van der Waals surface area (Å²) in [7, 11) is 0. The molecule has 3 N–H and O–H groups in total. The molecule has 0 bridgehead atoms. The predicted octanol–water partition coefficient (Wildman–Crippen LogP) is 3.29. The molecule has 2 aliphatic rings. The number of amides is 1. The summed E-state index contributed by atoms with van der Waals surface area (Å²) in [5, 5.41) is 2.86. The number of aliphatic imine (C=N–C) groups is 1. The Morgan fingerprint density at radius 3 is 2.81 bits per heavy atom. The summed E-state index contributed by atoms with van der Waals surface area (Å²) in [5.41, 5.74) is 4.72. The second-order valence-corrected chi connectivity index (χ2v) is 8.27. The van der Waals surface area contributed by atoms with Gasteiger partial charge in [-0.05, 0) is 26.0 Å². The maximum absolute atomic E-state index is 14.9. The van der Waals surface area contributed by atoms with Crippen LogP contribution in [0.5, 0.6) is 0 Å². The van der Waals surface area contributed by atoms with Gasteiger partial charge in [0.25, 0.3) is 12.3 Å². The highest BCUT2D eigenvalue weighted by molar-refractivity contribution is 8.13. The van der Waals surface area contributed by atoms with Crippen molar-refractivity contribution < 1.29 is 22.7 Å². The molecule has 1 saturated heterocycles. The molecule has 1 fully saturated rings. The number of nitrogens with zero attached hydrogens (tertiary/aromatic N) is 3. The lowest BCUT2D eigenvalue weighted by atomic mass is 9.79. The Morgan fingerprint density at radius 1 is 1.42 bits per heavy atom. The SMILES string of the molecule is C=C(/C(F)=C\C=C(/C)NC(=O)c1cnc(C(F)F)cn1)[C@]12CO[C@H](C)[C@H]1CSC(N)=N2. The van der Waals surface area contributed by atoms with E-state index in [2.05, 4.69) is 26.9 Å². The zero-order chi connectivity index (χ0) is 22.8. The Labute approximate surface area is 181 Å². The van der Waals surface area contributed by atoms with Gasteiger partial charge in [-0.25, -0.2) is 23.1 Å². The molecule has 1 amide bonds. The van der Waals surface area contributed by atoms with E-state index < -0.39 is 29.4 Å². The lowest BCUT2D eigenvalue weighted by molar-refractivity contribution is 0.0959. The van der Waals surface area contributed by atoms with E-state index in [1.165, 1.54) is 23.9 Å². The summed E-state index contributed by atoms with van der Waals surface area (Å²) >= 11 is 1.40. The number of aromatic nitrogens is 2. The lowest BCUT2D eigenvalue weighted by Crippen LogP contribution is -2.45. The van der Waals surface area contributed by atoms with E-state index in [9.17, 15) is 18.0 Å². The molecule has 2 aliphatic heterocycles. The molecular weight excluding hydrogens is 431 g/mol. The van der Waals surface area contributed by atoms with Crippen LogP contribution < -0.4 is 11.1 Å². The highest BCUT2D eigenvalue weighted by Gasteiger charge is 2.52. The van der Waals surface area contributed by atoms with Gasteiger partial charge in [0.2, 0.25) is 0 Å². The Bertz CT molecular complexity index is 964. The zero-order valence-electron chi connectivity index (χ0n) is 16.9. The van der Waals surface area contributed by atoms with Gasteiger partial charge in [0.1, 0.15) is 22.8 Å². The van der Waals surface area contributed by atoms with Gasteiger partial charge in [-0.3, -0.25) is 9.78 Å². The minimum absolute atomic E-state index is 0.0592. The molecule has 0 spiro atoms. The molecule has 3 atom stereocenters. The topological polar surface area (TPSA) is 102 Å². The van der Waals surface area contributed by atoms with Crippen LogP contribution in [0, 0.1) is 5.92 Å². The van der Waals surface area contributed by atoms with Gasteiger partial charge < -0.3 is 15.8 Å². The van der Waals surface area contributed by atoms with Crippen LogP contribution in [-0.4, -0.2) is 45.0 Å². The van der Waals surface area contributed by atoms with E-state index >= 15 is 0 Å². The predicted molar refractivity (Wildman–Crippen MR) is 112 cm³/mol. The van der Waals surface area contributed by atoms with E-state index in [0.717, 1.165) is 12.4 Å². The van der Waals surface area contributed by atoms with Crippen LogP contribution in [0.25, 0.3) is 0 Å². The summed E-state index contributed by atoms with van der Waals surface area (Å²) in [6, 6.07) is 0. The number of allylic oxidation sites excluding steroid dienone is 3. The minimum Gasteiger partial charge on any atom is -0.379 e. The van der Waals surface area contributed by atoms with Gasteiger partial charge in [0, 0.05) is 22.9 Å². The van der Waals surface area contributed by atoms with Crippen molar-refractivity contribution in [2.24, 2.45) is 16.6 Å². The molecule has 1 aromatic rings. The fraction of sp³-hybridized carbons (Fsp3) is 0.400. The van der Waals surface area contributed by atoms with Crippen molar-refractivity contribution in [3.05, 3.63) is 59.6 Å². The highest BCUT2D eigenvalue weighted by Crippen LogP contribution is 2.46. The van der Waals surface area contributed by atoms with Gasteiger partial charge in [0.15, 0.2) is 5.17 Å². The van der Waals surface area contributed by atoms with Crippen LogP contribution in [0.2, 0.25) is 0 Å². The van der Waals surface area contributed by atoms with E-state index in [1.54, 1.807) is 6.92 Å². The van der Waals surface area contributed by atoms with Gasteiger partial charge in [-0.2, -0.15) is 0 Å². The number of nitrogens with two attached hydrogens (primary N) is 1. The summed E-state index contributed by atoms with van der Waals surface area (Å²) in [5.74, 6) is -0.677. The molecule has 0 unspecified atom stereocenters. The average molecular weight is 453 g/mol. The van der Waals surface area contributed by atoms with E-state index in [4.69, 9.17) is 10.5 Å². The second kappa shape index (κ2) is 9.23. The van der Waals surface area contributed by atoms with Crippen molar-refractivity contribution in [3.63, 3.8) is 0 Å². The third kappa shape index (κ3) is 4.82. The number of alkyl halides is 2. The first-order valence-corrected chi connectivity index (χ1v) is 10.4. The Morgan fingerprint density at radius 2 is 2.16 bits per heavy atom. The average Bonchev–Trinajstić information content (AvgIpc) is 3.08. The van der Waals surface area contributed by atoms with Gasteiger partial charge >= 0.3 is 0 Å². The van der Waals surface area contributed by atoms with Crippen molar-refractivity contribution in [2.75, 3.05) is 12.4 Å².